The van der Waals surface area contributed by atoms with Crippen LogP contribution in [0.1, 0.15) is 58.4 Å². The molecular weight excluding hydrogens is 771 g/mol. The summed E-state index contributed by atoms with van der Waals surface area (Å²) in [5.74, 6) is 0. The van der Waals surface area contributed by atoms with Gasteiger partial charge in [0, 0.05) is 22.5 Å². The van der Waals surface area contributed by atoms with E-state index in [9.17, 15) is 0 Å². The SMILES string of the molecule is CC1(C)c2ccccc2-c2ccc(N(c3cc4c5c(cccc5c3)C35c6ccccc6-c6ccccc6C43c3cccc4cccc5c34)c3ccc4c(ccc5ccccc54)c3)cc21. The van der Waals surface area contributed by atoms with Crippen LogP contribution in [0.3, 0.4) is 0 Å². The molecule has 0 saturated heterocycles. The molecule has 1 heteroatoms. The molecule has 1 nitrogen and oxygen atoms in total. The van der Waals surface area contributed by atoms with Crippen molar-refractivity contribution in [3.8, 4) is 22.3 Å². The fraction of sp³-hybridized carbons (Fsp3) is 0.0794. The van der Waals surface area contributed by atoms with Gasteiger partial charge >= 0.3 is 0 Å². The monoisotopic (exact) mass is 811 g/mol. The molecule has 0 saturated carbocycles. The molecule has 0 fully saturated rings. The van der Waals surface area contributed by atoms with Crippen LogP contribution in [-0.2, 0) is 16.2 Å². The van der Waals surface area contributed by atoms with Crippen molar-refractivity contribution in [2.45, 2.75) is 30.1 Å². The molecule has 64 heavy (non-hydrogen) atoms. The Morgan fingerprint density at radius 3 is 1.45 bits per heavy atom. The topological polar surface area (TPSA) is 3.24 Å². The molecule has 0 radical (unpaired) electrons. The van der Waals surface area contributed by atoms with Gasteiger partial charge in [0.15, 0.2) is 0 Å². The molecule has 2 unspecified atom stereocenters. The zero-order valence-electron chi connectivity index (χ0n) is 35.7. The van der Waals surface area contributed by atoms with E-state index in [1.54, 1.807) is 0 Å². The van der Waals surface area contributed by atoms with Crippen LogP contribution < -0.4 is 4.90 Å². The summed E-state index contributed by atoms with van der Waals surface area (Å²) in [6.07, 6.45) is 0. The lowest BCUT2D eigenvalue weighted by molar-refractivity contribution is 0.461. The summed E-state index contributed by atoms with van der Waals surface area (Å²) >= 11 is 0. The van der Waals surface area contributed by atoms with E-state index in [4.69, 9.17) is 0 Å². The second-order valence-corrected chi connectivity index (χ2v) is 19.1. The molecule has 0 aromatic heterocycles. The number of fused-ring (bicyclic) bond motifs is 9. The summed E-state index contributed by atoms with van der Waals surface area (Å²) in [5, 5.41) is 10.4. The summed E-state index contributed by atoms with van der Waals surface area (Å²) in [4.78, 5) is 2.55. The van der Waals surface area contributed by atoms with Gasteiger partial charge in [-0.25, -0.2) is 0 Å². The zero-order chi connectivity index (χ0) is 42.1. The van der Waals surface area contributed by atoms with Crippen LogP contribution in [0, 0.1) is 0 Å². The quantitative estimate of drug-likeness (QED) is 0.161. The third-order valence-electron chi connectivity index (χ3n) is 16.1. The number of benzene rings is 11. The maximum atomic E-state index is 2.60. The van der Waals surface area contributed by atoms with Crippen molar-refractivity contribution in [1.29, 1.82) is 0 Å². The molecule has 0 heterocycles. The van der Waals surface area contributed by atoms with Gasteiger partial charge in [-0.05, 0) is 146 Å². The highest BCUT2D eigenvalue weighted by Crippen LogP contribution is 2.75. The molecule has 11 aromatic carbocycles. The first-order valence-electron chi connectivity index (χ1n) is 22.8. The van der Waals surface area contributed by atoms with Crippen molar-refractivity contribution < 1.29 is 0 Å². The molecule has 0 aliphatic heterocycles. The Bertz CT molecular complexity index is 3900. The van der Waals surface area contributed by atoms with Crippen molar-refractivity contribution in [2.75, 3.05) is 4.90 Å². The maximum Gasteiger partial charge on any atom is 0.0648 e. The second kappa shape index (κ2) is 11.8. The van der Waals surface area contributed by atoms with Gasteiger partial charge in [0.1, 0.15) is 0 Å². The number of rotatable bonds is 3. The highest BCUT2D eigenvalue weighted by atomic mass is 15.1. The van der Waals surface area contributed by atoms with Crippen LogP contribution in [0.25, 0.3) is 65.3 Å². The average Bonchev–Trinajstić information content (AvgIpc) is 3.87. The lowest BCUT2D eigenvalue weighted by Gasteiger charge is -2.50. The summed E-state index contributed by atoms with van der Waals surface area (Å²) in [6.45, 7) is 4.78. The minimum atomic E-state index is -0.519. The van der Waals surface area contributed by atoms with Crippen molar-refractivity contribution >= 4 is 60.2 Å². The first kappa shape index (κ1) is 34.8. The summed E-state index contributed by atoms with van der Waals surface area (Å²) in [7, 11) is 0. The average molecular weight is 812 g/mol. The predicted octanol–water partition coefficient (Wildman–Crippen LogP) is 16.1. The minimum Gasteiger partial charge on any atom is -0.310 e. The van der Waals surface area contributed by atoms with Crippen LogP contribution in [0.5, 0.6) is 0 Å². The molecule has 2 atom stereocenters. The minimum absolute atomic E-state index is 0.145. The zero-order valence-corrected chi connectivity index (χ0v) is 35.7. The molecule has 4 aliphatic carbocycles. The van der Waals surface area contributed by atoms with Crippen molar-refractivity contribution in [2.24, 2.45) is 0 Å². The fourth-order valence-electron chi connectivity index (χ4n) is 13.7. The molecule has 0 amide bonds. The predicted molar refractivity (Wildman–Crippen MR) is 267 cm³/mol. The molecule has 298 valence electrons. The number of hydrogen-bond donors (Lipinski definition) is 0. The van der Waals surface area contributed by atoms with Gasteiger partial charge in [0.2, 0.25) is 0 Å². The first-order chi connectivity index (χ1) is 31.5. The summed E-state index contributed by atoms with van der Waals surface area (Å²) in [5.41, 5.74) is 18.8. The molecule has 11 aromatic rings. The second-order valence-electron chi connectivity index (χ2n) is 19.1. The van der Waals surface area contributed by atoms with E-state index in [0.717, 1.165) is 17.1 Å². The third kappa shape index (κ3) is 3.92. The fourth-order valence-corrected chi connectivity index (χ4v) is 13.7. The van der Waals surface area contributed by atoms with Crippen molar-refractivity contribution in [3.63, 3.8) is 0 Å². The van der Waals surface area contributed by atoms with Gasteiger partial charge in [-0.3, -0.25) is 0 Å². The van der Waals surface area contributed by atoms with E-state index in [2.05, 4.69) is 231 Å². The van der Waals surface area contributed by atoms with Gasteiger partial charge in [-0.15, -0.1) is 0 Å². The highest BCUT2D eigenvalue weighted by molar-refractivity contribution is 6.12. The van der Waals surface area contributed by atoms with Crippen LogP contribution >= 0.6 is 0 Å². The van der Waals surface area contributed by atoms with Crippen molar-refractivity contribution in [3.05, 3.63) is 257 Å². The van der Waals surface area contributed by atoms with Crippen LogP contribution in [-0.4, -0.2) is 0 Å². The van der Waals surface area contributed by atoms with E-state index in [-0.39, 0.29) is 5.41 Å². The molecule has 0 bridgehead atoms. The third-order valence-corrected chi connectivity index (χ3v) is 16.1. The van der Waals surface area contributed by atoms with Crippen LogP contribution in [0.15, 0.2) is 212 Å². The Labute approximate surface area is 372 Å². The largest absolute Gasteiger partial charge is 0.310 e. The van der Waals surface area contributed by atoms with Crippen LogP contribution in [0.4, 0.5) is 17.1 Å². The standard InChI is InChI=1S/C63H41N/c1-61(2)51-22-8-5-19-47(51)50-33-31-43(36-57(50)61)64(42-30-32-46-40(34-42)29-28-38-14-3-4-18-45(38)46)44-35-41-17-13-27-56-60(41)58(37-44)63-53-24-10-7-21-49(53)48-20-6-9-23-52(48)62(56,63)54-25-11-15-39-16-12-26-55(63)59(39)54/h3-37H,1-2H3. The number of hydrogen-bond acceptors (Lipinski definition) is 1. The van der Waals surface area contributed by atoms with E-state index in [1.165, 1.54) is 110 Å². The lowest BCUT2D eigenvalue weighted by atomic mass is 9.50. The molecule has 15 rings (SSSR count). The Kier molecular flexibility index (Phi) is 6.43. The number of anilines is 3. The maximum absolute atomic E-state index is 2.60. The number of nitrogens with zero attached hydrogens (tertiary/aromatic N) is 1. The van der Waals surface area contributed by atoms with Gasteiger partial charge in [-0.2, -0.15) is 0 Å². The normalized spacial score (nSPS) is 18.7. The molecule has 4 aliphatic rings. The Balaban J connectivity index is 1.07. The Hall–Kier alpha value is -7.74. The van der Waals surface area contributed by atoms with E-state index in [1.807, 2.05) is 0 Å². The summed E-state index contributed by atoms with van der Waals surface area (Å²) in [6, 6.07) is 81.6. The van der Waals surface area contributed by atoms with Crippen molar-refractivity contribution in [1.82, 2.24) is 0 Å². The van der Waals surface area contributed by atoms with Gasteiger partial charge in [-0.1, -0.05) is 190 Å². The van der Waals surface area contributed by atoms with E-state index in [0.29, 0.717) is 0 Å². The van der Waals surface area contributed by atoms with E-state index >= 15 is 0 Å². The smallest absolute Gasteiger partial charge is 0.0648 e. The van der Waals surface area contributed by atoms with Gasteiger partial charge in [0.25, 0.3) is 0 Å². The molecule has 0 N–H and O–H groups in total. The summed E-state index contributed by atoms with van der Waals surface area (Å²) < 4.78 is 0. The van der Waals surface area contributed by atoms with Crippen LogP contribution in [0.2, 0.25) is 0 Å². The van der Waals surface area contributed by atoms with Gasteiger partial charge < -0.3 is 4.90 Å². The Morgan fingerprint density at radius 2 is 0.734 bits per heavy atom. The Morgan fingerprint density at radius 1 is 0.281 bits per heavy atom. The van der Waals surface area contributed by atoms with E-state index < -0.39 is 10.8 Å². The molecular formula is C63H41N. The molecule has 0 spiro atoms. The first-order valence-corrected chi connectivity index (χ1v) is 22.8. The lowest BCUT2D eigenvalue weighted by Crippen LogP contribution is -2.48. The highest BCUT2D eigenvalue weighted by Gasteiger charge is 2.69. The van der Waals surface area contributed by atoms with Gasteiger partial charge in [0.05, 0.1) is 10.8 Å².